The predicted molar refractivity (Wildman–Crippen MR) is 68.6 cm³/mol. The van der Waals surface area contributed by atoms with E-state index >= 15 is 0 Å². The molecule has 0 aliphatic carbocycles. The van der Waals surface area contributed by atoms with Gasteiger partial charge in [-0.3, -0.25) is 4.72 Å². The van der Waals surface area contributed by atoms with Gasteiger partial charge in [0, 0.05) is 11.6 Å². The number of alkyl halides is 2. The van der Waals surface area contributed by atoms with Gasteiger partial charge in [-0.2, -0.15) is 0 Å². The lowest BCUT2D eigenvalue weighted by Gasteiger charge is -2.10. The van der Waals surface area contributed by atoms with E-state index in [1.807, 2.05) is 4.72 Å². The molecule has 0 heterocycles. The van der Waals surface area contributed by atoms with E-state index in [-0.39, 0.29) is 0 Å². The summed E-state index contributed by atoms with van der Waals surface area (Å²) in [5.74, 6) is -1.97. The Bertz CT molecular complexity index is 763. The van der Waals surface area contributed by atoms with Crippen molar-refractivity contribution in [3.63, 3.8) is 0 Å². The van der Waals surface area contributed by atoms with Crippen LogP contribution >= 0.6 is 0 Å². The SMILES string of the molecule is O=S(=O)(Nc1ccc(F)cc1F)c1cccc(C(F)F)c1. The molecule has 3 nitrogen and oxygen atoms in total. The molecular weight excluding hydrogens is 310 g/mol. The lowest BCUT2D eigenvalue weighted by atomic mass is 10.2. The summed E-state index contributed by atoms with van der Waals surface area (Å²) in [7, 11) is -4.25. The van der Waals surface area contributed by atoms with Crippen LogP contribution in [0.5, 0.6) is 0 Å². The van der Waals surface area contributed by atoms with Crippen LogP contribution in [0.25, 0.3) is 0 Å². The van der Waals surface area contributed by atoms with E-state index in [0.717, 1.165) is 36.4 Å². The maximum absolute atomic E-state index is 13.4. The average molecular weight is 319 g/mol. The van der Waals surface area contributed by atoms with Crippen molar-refractivity contribution in [2.45, 2.75) is 11.3 Å². The van der Waals surface area contributed by atoms with Gasteiger partial charge in [0.05, 0.1) is 10.6 Å². The van der Waals surface area contributed by atoms with E-state index in [2.05, 4.69) is 0 Å². The van der Waals surface area contributed by atoms with Gasteiger partial charge in [0.15, 0.2) is 0 Å². The third-order valence-corrected chi connectivity index (χ3v) is 3.96. The van der Waals surface area contributed by atoms with Crippen molar-refractivity contribution >= 4 is 15.7 Å². The summed E-state index contributed by atoms with van der Waals surface area (Å²) in [5, 5.41) is 0. The highest BCUT2D eigenvalue weighted by atomic mass is 32.2. The predicted octanol–water partition coefficient (Wildman–Crippen LogP) is 3.70. The zero-order chi connectivity index (χ0) is 15.6. The van der Waals surface area contributed by atoms with Gasteiger partial charge in [0.1, 0.15) is 11.6 Å². The molecule has 8 heteroatoms. The highest BCUT2D eigenvalue weighted by Crippen LogP contribution is 2.24. The van der Waals surface area contributed by atoms with E-state index < -0.39 is 44.2 Å². The molecule has 0 bridgehead atoms. The van der Waals surface area contributed by atoms with Crippen LogP contribution in [0.2, 0.25) is 0 Å². The molecule has 0 saturated carbocycles. The lowest BCUT2D eigenvalue weighted by Crippen LogP contribution is -2.14. The summed E-state index contributed by atoms with van der Waals surface area (Å²) in [6, 6.07) is 6.38. The minimum absolute atomic E-state index is 0.441. The van der Waals surface area contributed by atoms with Crippen molar-refractivity contribution in [2.75, 3.05) is 4.72 Å². The summed E-state index contributed by atoms with van der Waals surface area (Å²) in [4.78, 5) is -0.441. The number of sulfonamides is 1. The Morgan fingerprint density at radius 1 is 1.00 bits per heavy atom. The molecule has 2 aromatic carbocycles. The summed E-state index contributed by atoms with van der Waals surface area (Å²) in [5.41, 5.74) is -0.948. The van der Waals surface area contributed by atoms with Gasteiger partial charge in [0.2, 0.25) is 0 Å². The number of hydrogen-bond donors (Lipinski definition) is 1. The standard InChI is InChI=1S/C13H9F4NO2S/c14-9-4-5-12(11(15)7-9)18-21(19,20)10-3-1-2-8(6-10)13(16)17/h1-7,13,18H. The Morgan fingerprint density at radius 3 is 2.33 bits per heavy atom. The molecule has 0 amide bonds. The van der Waals surface area contributed by atoms with Crippen LogP contribution < -0.4 is 4.72 Å². The Labute approximate surface area is 118 Å². The molecule has 1 N–H and O–H groups in total. The van der Waals surface area contributed by atoms with Gasteiger partial charge >= 0.3 is 0 Å². The lowest BCUT2D eigenvalue weighted by molar-refractivity contribution is 0.151. The van der Waals surface area contributed by atoms with Gasteiger partial charge in [-0.15, -0.1) is 0 Å². The first-order valence-electron chi connectivity index (χ1n) is 5.65. The number of nitrogens with one attached hydrogen (secondary N) is 1. The molecule has 0 radical (unpaired) electrons. The molecule has 0 saturated heterocycles. The molecule has 21 heavy (non-hydrogen) atoms. The van der Waals surface area contributed by atoms with Crippen LogP contribution in [0.15, 0.2) is 47.4 Å². The molecular formula is C13H9F4NO2S. The highest BCUT2D eigenvalue weighted by molar-refractivity contribution is 7.92. The monoisotopic (exact) mass is 319 g/mol. The van der Waals surface area contributed by atoms with Gasteiger partial charge in [-0.1, -0.05) is 12.1 Å². The Balaban J connectivity index is 2.36. The minimum Gasteiger partial charge on any atom is -0.277 e. The summed E-state index contributed by atoms with van der Waals surface area (Å²) in [6.07, 6.45) is -2.83. The second-order valence-electron chi connectivity index (χ2n) is 4.10. The second kappa shape index (κ2) is 5.72. The summed E-state index contributed by atoms with van der Waals surface area (Å²) in [6.45, 7) is 0. The first kappa shape index (κ1) is 15.3. The molecule has 2 aromatic rings. The first-order valence-corrected chi connectivity index (χ1v) is 7.14. The summed E-state index contributed by atoms with van der Waals surface area (Å²) >= 11 is 0. The Morgan fingerprint density at radius 2 is 1.71 bits per heavy atom. The molecule has 0 fully saturated rings. The molecule has 0 aliphatic rings. The van der Waals surface area contributed by atoms with Crippen LogP contribution in [-0.2, 0) is 10.0 Å². The van der Waals surface area contributed by atoms with Crippen LogP contribution in [0, 0.1) is 11.6 Å². The van der Waals surface area contributed by atoms with Gasteiger partial charge in [0.25, 0.3) is 16.4 Å². The van der Waals surface area contributed by atoms with E-state index in [1.54, 1.807) is 0 Å². The number of benzene rings is 2. The normalized spacial score (nSPS) is 11.7. The molecule has 0 spiro atoms. The average Bonchev–Trinajstić information content (AvgIpc) is 2.42. The number of anilines is 1. The van der Waals surface area contributed by atoms with Crippen LogP contribution in [0.4, 0.5) is 23.2 Å². The van der Waals surface area contributed by atoms with E-state index in [1.165, 1.54) is 0 Å². The van der Waals surface area contributed by atoms with Crippen molar-refractivity contribution in [3.05, 3.63) is 59.7 Å². The van der Waals surface area contributed by atoms with E-state index in [4.69, 9.17) is 0 Å². The third kappa shape index (κ3) is 3.52. The van der Waals surface area contributed by atoms with E-state index in [0.29, 0.717) is 6.07 Å². The number of halogens is 4. The summed E-state index contributed by atoms with van der Waals surface area (Å²) < 4.78 is 77.1. The smallest absolute Gasteiger partial charge is 0.263 e. The fourth-order valence-electron chi connectivity index (χ4n) is 1.59. The zero-order valence-corrected chi connectivity index (χ0v) is 11.2. The van der Waals surface area contributed by atoms with Gasteiger partial charge in [-0.25, -0.2) is 26.0 Å². The second-order valence-corrected chi connectivity index (χ2v) is 5.79. The number of rotatable bonds is 4. The number of hydrogen-bond acceptors (Lipinski definition) is 2. The fourth-order valence-corrected chi connectivity index (χ4v) is 2.72. The van der Waals surface area contributed by atoms with Crippen molar-refractivity contribution in [1.82, 2.24) is 0 Å². The van der Waals surface area contributed by atoms with Crippen molar-refractivity contribution in [2.24, 2.45) is 0 Å². The third-order valence-electron chi connectivity index (χ3n) is 2.60. The molecule has 0 atom stereocenters. The van der Waals surface area contributed by atoms with Crippen molar-refractivity contribution in [1.29, 1.82) is 0 Å². The van der Waals surface area contributed by atoms with Crippen LogP contribution in [0.3, 0.4) is 0 Å². The van der Waals surface area contributed by atoms with E-state index in [9.17, 15) is 26.0 Å². The fraction of sp³-hybridized carbons (Fsp3) is 0.0769. The van der Waals surface area contributed by atoms with Crippen LogP contribution in [-0.4, -0.2) is 8.42 Å². The van der Waals surface area contributed by atoms with Gasteiger partial charge < -0.3 is 0 Å². The minimum atomic E-state index is -4.25. The molecule has 0 aliphatic heterocycles. The largest absolute Gasteiger partial charge is 0.277 e. The highest BCUT2D eigenvalue weighted by Gasteiger charge is 2.18. The first-order chi connectivity index (χ1) is 9.79. The van der Waals surface area contributed by atoms with Crippen molar-refractivity contribution in [3.8, 4) is 0 Å². The molecule has 2 rings (SSSR count). The van der Waals surface area contributed by atoms with Crippen molar-refractivity contribution < 1.29 is 26.0 Å². The Hall–Kier alpha value is -2.09. The maximum atomic E-state index is 13.4. The zero-order valence-electron chi connectivity index (χ0n) is 10.4. The Kier molecular flexibility index (Phi) is 4.17. The topological polar surface area (TPSA) is 46.2 Å². The quantitative estimate of drug-likeness (QED) is 0.873. The maximum Gasteiger partial charge on any atom is 0.263 e. The van der Waals surface area contributed by atoms with Gasteiger partial charge in [-0.05, 0) is 24.3 Å². The van der Waals surface area contributed by atoms with Crippen LogP contribution in [0.1, 0.15) is 12.0 Å². The molecule has 0 unspecified atom stereocenters. The molecule has 0 aromatic heterocycles. The molecule has 112 valence electrons.